The highest BCUT2D eigenvalue weighted by Crippen LogP contribution is 2.37. The predicted molar refractivity (Wildman–Crippen MR) is 121 cm³/mol. The maximum absolute atomic E-state index is 12.6. The zero-order valence-electron chi connectivity index (χ0n) is 16.6. The molecule has 3 aromatic rings. The van der Waals surface area contributed by atoms with Gasteiger partial charge in [0, 0.05) is 34.5 Å². The Morgan fingerprint density at radius 3 is 2.68 bits per heavy atom. The van der Waals surface area contributed by atoms with Crippen molar-refractivity contribution in [1.82, 2.24) is 0 Å². The molecule has 0 saturated heterocycles. The highest BCUT2D eigenvalue weighted by Gasteiger charge is 2.23. The molecular weight excluding hydrogens is 440 g/mol. The monoisotopic (exact) mass is 458 g/mol. The molecule has 160 valence electrons. The quantitative estimate of drug-likeness (QED) is 0.264. The van der Waals surface area contributed by atoms with E-state index in [9.17, 15) is 19.7 Å². The topological polar surface area (TPSA) is 98.5 Å². The van der Waals surface area contributed by atoms with E-state index in [-0.39, 0.29) is 30.2 Å². The maximum atomic E-state index is 12.6. The average molecular weight is 459 g/mol. The standard InChI is InChI=1S/C22H19ClN2O5S/c1-2-30-22(27)20-18(15-6-4-8-17(12-15)25(28)29)13-31-21(20)24-19(26)10-9-14-5-3-7-16(23)11-14/h3-8,11-13H,2,9-10H2,1H3,(H,24,26). The number of rotatable bonds is 8. The molecule has 3 rings (SSSR count). The van der Waals surface area contributed by atoms with Gasteiger partial charge in [-0.25, -0.2) is 4.79 Å². The van der Waals surface area contributed by atoms with Gasteiger partial charge in [-0.2, -0.15) is 0 Å². The Kier molecular flexibility index (Phi) is 7.38. The summed E-state index contributed by atoms with van der Waals surface area (Å²) in [6.45, 7) is 1.84. The minimum atomic E-state index is -0.601. The van der Waals surface area contributed by atoms with E-state index in [0.29, 0.717) is 27.6 Å². The van der Waals surface area contributed by atoms with Crippen LogP contribution in [0.1, 0.15) is 29.3 Å². The van der Waals surface area contributed by atoms with Crippen LogP contribution >= 0.6 is 22.9 Å². The van der Waals surface area contributed by atoms with Crippen molar-refractivity contribution in [2.75, 3.05) is 11.9 Å². The van der Waals surface area contributed by atoms with Crippen molar-refractivity contribution >= 4 is 45.5 Å². The number of nitro benzene ring substituents is 1. The van der Waals surface area contributed by atoms with Crippen LogP contribution in [-0.4, -0.2) is 23.4 Å². The van der Waals surface area contributed by atoms with Crippen molar-refractivity contribution in [3.63, 3.8) is 0 Å². The first-order valence-corrected chi connectivity index (χ1v) is 10.7. The number of benzene rings is 2. The number of carbonyl (C=O) groups is 2. The number of non-ortho nitro benzene ring substituents is 1. The number of ether oxygens (including phenoxy) is 1. The van der Waals surface area contributed by atoms with E-state index in [1.54, 1.807) is 36.6 Å². The second-order valence-electron chi connectivity index (χ2n) is 6.56. The van der Waals surface area contributed by atoms with Crippen molar-refractivity contribution < 1.29 is 19.2 Å². The van der Waals surface area contributed by atoms with Crippen molar-refractivity contribution in [3.05, 3.63) is 80.2 Å². The zero-order valence-corrected chi connectivity index (χ0v) is 18.2. The molecule has 0 spiro atoms. The summed E-state index contributed by atoms with van der Waals surface area (Å²) in [5, 5.41) is 16.5. The molecular formula is C22H19ClN2O5S. The molecule has 1 aromatic heterocycles. The lowest BCUT2D eigenvalue weighted by molar-refractivity contribution is -0.384. The third-order valence-electron chi connectivity index (χ3n) is 4.42. The first-order valence-electron chi connectivity index (χ1n) is 9.46. The van der Waals surface area contributed by atoms with Gasteiger partial charge in [0.05, 0.1) is 11.5 Å². The number of anilines is 1. The molecule has 0 unspecified atom stereocenters. The molecule has 1 N–H and O–H groups in total. The maximum Gasteiger partial charge on any atom is 0.341 e. The minimum Gasteiger partial charge on any atom is -0.462 e. The summed E-state index contributed by atoms with van der Waals surface area (Å²) in [5.74, 6) is -0.867. The zero-order chi connectivity index (χ0) is 22.4. The fourth-order valence-electron chi connectivity index (χ4n) is 2.99. The van der Waals surface area contributed by atoms with E-state index in [4.69, 9.17) is 16.3 Å². The third kappa shape index (κ3) is 5.68. The summed E-state index contributed by atoms with van der Waals surface area (Å²) in [7, 11) is 0. The number of aryl methyl sites for hydroxylation is 1. The van der Waals surface area contributed by atoms with Crippen LogP contribution in [0, 0.1) is 10.1 Å². The van der Waals surface area contributed by atoms with Crippen LogP contribution < -0.4 is 5.32 Å². The number of nitrogens with zero attached hydrogens (tertiary/aromatic N) is 1. The second-order valence-corrected chi connectivity index (χ2v) is 7.88. The van der Waals surface area contributed by atoms with Crippen LogP contribution in [-0.2, 0) is 16.0 Å². The fraction of sp³-hybridized carbons (Fsp3) is 0.182. The van der Waals surface area contributed by atoms with E-state index in [1.807, 2.05) is 12.1 Å². The van der Waals surface area contributed by atoms with Gasteiger partial charge in [0.2, 0.25) is 5.91 Å². The van der Waals surface area contributed by atoms with Crippen molar-refractivity contribution in [2.24, 2.45) is 0 Å². The molecule has 2 aromatic carbocycles. The highest BCUT2D eigenvalue weighted by atomic mass is 35.5. The summed E-state index contributed by atoms with van der Waals surface area (Å²) < 4.78 is 5.16. The molecule has 0 bridgehead atoms. The van der Waals surface area contributed by atoms with Gasteiger partial charge in [0.1, 0.15) is 10.6 Å². The van der Waals surface area contributed by atoms with Crippen molar-refractivity contribution in [1.29, 1.82) is 0 Å². The number of nitrogens with one attached hydrogen (secondary N) is 1. The summed E-state index contributed by atoms with van der Waals surface area (Å²) in [6, 6.07) is 13.2. The summed E-state index contributed by atoms with van der Waals surface area (Å²) in [5.41, 5.74) is 1.98. The molecule has 0 radical (unpaired) electrons. The van der Waals surface area contributed by atoms with Crippen LogP contribution in [0.3, 0.4) is 0 Å². The summed E-state index contributed by atoms with van der Waals surface area (Å²) in [4.78, 5) is 35.8. The van der Waals surface area contributed by atoms with Crippen LogP contribution in [0.4, 0.5) is 10.7 Å². The molecule has 0 aliphatic rings. The molecule has 31 heavy (non-hydrogen) atoms. The van der Waals surface area contributed by atoms with Gasteiger partial charge in [-0.3, -0.25) is 14.9 Å². The Labute approximate surface area is 187 Å². The van der Waals surface area contributed by atoms with E-state index in [2.05, 4.69) is 5.32 Å². The molecule has 0 atom stereocenters. The molecule has 0 aliphatic carbocycles. The Bertz CT molecular complexity index is 1130. The number of amides is 1. The highest BCUT2D eigenvalue weighted by molar-refractivity contribution is 7.15. The third-order valence-corrected chi connectivity index (χ3v) is 5.55. The molecule has 0 aliphatic heterocycles. The number of thiophene rings is 1. The fourth-order valence-corrected chi connectivity index (χ4v) is 4.18. The Balaban J connectivity index is 1.84. The van der Waals surface area contributed by atoms with Gasteiger partial charge < -0.3 is 10.1 Å². The molecule has 1 amide bonds. The number of esters is 1. The van der Waals surface area contributed by atoms with Crippen LogP contribution in [0.2, 0.25) is 5.02 Å². The van der Waals surface area contributed by atoms with E-state index in [0.717, 1.165) is 5.56 Å². The lowest BCUT2D eigenvalue weighted by Crippen LogP contribution is -2.15. The largest absolute Gasteiger partial charge is 0.462 e. The van der Waals surface area contributed by atoms with Crippen LogP contribution in [0.25, 0.3) is 11.1 Å². The summed E-state index contributed by atoms with van der Waals surface area (Å²) in [6.07, 6.45) is 0.691. The van der Waals surface area contributed by atoms with Gasteiger partial charge in [-0.15, -0.1) is 11.3 Å². The van der Waals surface area contributed by atoms with Crippen molar-refractivity contribution in [2.45, 2.75) is 19.8 Å². The minimum absolute atomic E-state index is 0.0920. The Morgan fingerprint density at radius 2 is 1.97 bits per heavy atom. The van der Waals surface area contributed by atoms with Crippen molar-refractivity contribution in [3.8, 4) is 11.1 Å². The number of hydrogen-bond acceptors (Lipinski definition) is 6. The summed E-state index contributed by atoms with van der Waals surface area (Å²) >= 11 is 7.14. The van der Waals surface area contributed by atoms with E-state index in [1.165, 1.54) is 23.5 Å². The van der Waals surface area contributed by atoms with Gasteiger partial charge in [0.15, 0.2) is 0 Å². The normalized spacial score (nSPS) is 10.5. The van der Waals surface area contributed by atoms with Crippen LogP contribution in [0.15, 0.2) is 53.9 Å². The molecule has 0 saturated carbocycles. The van der Waals surface area contributed by atoms with Gasteiger partial charge in [-0.1, -0.05) is 35.9 Å². The van der Waals surface area contributed by atoms with Gasteiger partial charge in [-0.05, 0) is 36.6 Å². The molecule has 0 fully saturated rings. The predicted octanol–water partition coefficient (Wildman–Crippen LogP) is 5.72. The molecule has 9 heteroatoms. The van der Waals surface area contributed by atoms with Gasteiger partial charge in [0.25, 0.3) is 5.69 Å². The number of halogens is 1. The lowest BCUT2D eigenvalue weighted by atomic mass is 10.0. The first-order chi connectivity index (χ1) is 14.9. The van der Waals surface area contributed by atoms with E-state index < -0.39 is 10.9 Å². The number of hydrogen-bond donors (Lipinski definition) is 1. The average Bonchev–Trinajstić information content (AvgIpc) is 3.16. The van der Waals surface area contributed by atoms with E-state index >= 15 is 0 Å². The second kappa shape index (κ2) is 10.2. The smallest absolute Gasteiger partial charge is 0.341 e. The first kappa shape index (κ1) is 22.5. The number of carbonyl (C=O) groups excluding carboxylic acids is 2. The Hall–Kier alpha value is -3.23. The SMILES string of the molecule is CCOC(=O)c1c(-c2cccc([N+](=O)[O-])c2)csc1NC(=O)CCc1cccc(Cl)c1. The van der Waals surface area contributed by atoms with Crippen LogP contribution in [0.5, 0.6) is 0 Å². The molecule has 1 heterocycles. The Morgan fingerprint density at radius 1 is 1.19 bits per heavy atom. The van der Waals surface area contributed by atoms with Gasteiger partial charge >= 0.3 is 5.97 Å². The number of nitro groups is 1. The molecule has 7 nitrogen and oxygen atoms in total. The lowest BCUT2D eigenvalue weighted by Gasteiger charge is -2.09.